The highest BCUT2D eigenvalue weighted by molar-refractivity contribution is 5.98. The Morgan fingerprint density at radius 3 is 2.22 bits per heavy atom. The molecule has 0 aromatic rings. The number of hydrogen-bond donors (Lipinski definition) is 4. The van der Waals surface area contributed by atoms with Gasteiger partial charge in [-0.15, -0.1) is 0 Å². The number of Topliss-reactive ketones (excluding diaryl/α,β-unsaturated/α-hetero) is 3. The summed E-state index contributed by atoms with van der Waals surface area (Å²) in [5.74, 6) is -4.63. The zero-order valence-electron chi connectivity index (χ0n) is 30.8. The molecule has 0 amide bonds. The molecule has 1 aliphatic heterocycles. The van der Waals surface area contributed by atoms with E-state index >= 15 is 0 Å². The van der Waals surface area contributed by atoms with E-state index in [0.717, 1.165) is 18.6 Å². The van der Waals surface area contributed by atoms with Crippen molar-refractivity contribution < 1.29 is 58.6 Å². The fraction of sp³-hybridized carbons (Fsp3) is 0.763. The van der Waals surface area contributed by atoms with Crippen LogP contribution in [0.3, 0.4) is 0 Å². The van der Waals surface area contributed by atoms with E-state index < -0.39 is 99.0 Å². The van der Waals surface area contributed by atoms with Gasteiger partial charge in [0.25, 0.3) is 0 Å². The number of esters is 1. The molecule has 1 heterocycles. The summed E-state index contributed by atoms with van der Waals surface area (Å²) in [5.41, 5.74) is -6.58. The topological polar surface area (TPSA) is 194 Å². The average molecular weight is 703 g/mol. The lowest BCUT2D eigenvalue weighted by Gasteiger charge is -2.64. The Morgan fingerprint density at radius 2 is 1.64 bits per heavy atom. The number of carbonyl (C=O) groups excluding carboxylic acids is 5. The molecule has 4 N–H and O–H groups in total. The third-order valence-electron chi connectivity index (χ3n) is 13.3. The van der Waals surface area contributed by atoms with Crippen LogP contribution in [0.25, 0.3) is 0 Å². The van der Waals surface area contributed by atoms with E-state index in [4.69, 9.17) is 14.2 Å². The van der Waals surface area contributed by atoms with E-state index in [1.807, 2.05) is 26.8 Å². The standard InChI is InChI=1S/C38H54O12/c1-18-27(43)28(44)29(49-19(2)39)32(48-18)50-23-16-35(7)24-12-11-20-21(15-22(40)31(45)34(20,5)6)37(24,9)26(42)17-36(35,8)30(23)38(10,47)25(41)13-14-33(3,4)46/h11,13-14,18,21-24,27,29-30,32,40,43,46-47H,12,15-17H2,1-10H3/b14-13+/t18-,21+,22?,23?,24-,27-,29-,30-,32-,35-,36+,37-,38-/m0/s1. The van der Waals surface area contributed by atoms with E-state index in [0.29, 0.717) is 6.42 Å². The quantitative estimate of drug-likeness (QED) is 0.172. The molecule has 4 aliphatic carbocycles. The molecule has 0 aromatic carbocycles. The summed E-state index contributed by atoms with van der Waals surface area (Å²) in [7, 11) is 0. The highest BCUT2D eigenvalue weighted by Gasteiger charge is 2.75. The number of ketones is 4. The summed E-state index contributed by atoms with van der Waals surface area (Å²) < 4.78 is 17.8. The number of ether oxygens (including phenoxy) is 3. The van der Waals surface area contributed by atoms with Crippen molar-refractivity contribution in [3.63, 3.8) is 0 Å². The van der Waals surface area contributed by atoms with Crippen LogP contribution in [0.1, 0.15) is 94.9 Å². The first-order valence-corrected chi connectivity index (χ1v) is 17.6. The third-order valence-corrected chi connectivity index (χ3v) is 13.3. The van der Waals surface area contributed by atoms with E-state index in [9.17, 15) is 44.4 Å². The molecule has 0 radical (unpaired) electrons. The Balaban J connectivity index is 1.65. The minimum absolute atomic E-state index is 0.0686. The predicted octanol–water partition coefficient (Wildman–Crippen LogP) is 2.56. The van der Waals surface area contributed by atoms with E-state index in [2.05, 4.69) is 0 Å². The van der Waals surface area contributed by atoms with Crippen LogP contribution in [-0.4, -0.2) is 97.5 Å². The first-order valence-electron chi connectivity index (χ1n) is 17.6. The lowest BCUT2D eigenvalue weighted by atomic mass is 9.38. The van der Waals surface area contributed by atoms with Crippen molar-refractivity contribution in [3.8, 4) is 0 Å². The van der Waals surface area contributed by atoms with E-state index in [-0.39, 0.29) is 36.7 Å². The predicted molar refractivity (Wildman–Crippen MR) is 178 cm³/mol. The van der Waals surface area contributed by atoms with Crippen LogP contribution in [0.2, 0.25) is 0 Å². The van der Waals surface area contributed by atoms with Crippen LogP contribution in [0.5, 0.6) is 0 Å². The number of aliphatic hydroxyl groups is 4. The van der Waals surface area contributed by atoms with Crippen LogP contribution in [0, 0.1) is 39.4 Å². The molecule has 0 aromatic heterocycles. The van der Waals surface area contributed by atoms with Crippen molar-refractivity contribution in [3.05, 3.63) is 23.8 Å². The number of rotatable bonds is 7. The molecule has 278 valence electrons. The second-order valence-electron chi connectivity index (χ2n) is 17.4. The minimum Gasteiger partial charge on any atom is -0.449 e. The molecule has 12 nitrogen and oxygen atoms in total. The number of carbonyl (C=O) groups is 5. The third kappa shape index (κ3) is 5.69. The van der Waals surface area contributed by atoms with Crippen LogP contribution in [0.4, 0.5) is 0 Å². The lowest BCUT2D eigenvalue weighted by molar-refractivity contribution is -0.274. The van der Waals surface area contributed by atoms with Crippen molar-refractivity contribution in [2.24, 2.45) is 39.4 Å². The van der Waals surface area contributed by atoms with Gasteiger partial charge in [0.05, 0.1) is 17.8 Å². The molecular weight excluding hydrogens is 648 g/mol. The SMILES string of the molecule is CC(=O)O[C@H]1C(=O)[C@@H](O)[C@H](C)O[C@H]1OC1C[C@@]2(C)[C@@H]3CC=C4[C@@H](CC(O)C(=O)C4(C)C)[C@]3(C)C(=O)C[C@]2(C)[C@H]1[C@@](C)(O)C(=O)/C=C/C(C)(C)O. The highest BCUT2D eigenvalue weighted by atomic mass is 16.7. The minimum atomic E-state index is -2.17. The Kier molecular flexibility index (Phi) is 9.45. The summed E-state index contributed by atoms with van der Waals surface area (Å²) in [4.78, 5) is 67.1. The molecule has 3 saturated carbocycles. The highest BCUT2D eigenvalue weighted by Crippen LogP contribution is 2.74. The maximum atomic E-state index is 14.8. The molecule has 5 aliphatic rings. The second-order valence-corrected chi connectivity index (χ2v) is 17.4. The zero-order valence-corrected chi connectivity index (χ0v) is 30.8. The van der Waals surface area contributed by atoms with Crippen molar-refractivity contribution in [1.82, 2.24) is 0 Å². The van der Waals surface area contributed by atoms with E-state index in [1.54, 1.807) is 13.8 Å². The van der Waals surface area contributed by atoms with Crippen LogP contribution in [-0.2, 0) is 38.2 Å². The van der Waals surface area contributed by atoms with Gasteiger partial charge in [0.15, 0.2) is 11.6 Å². The largest absolute Gasteiger partial charge is 0.449 e. The van der Waals surface area contributed by atoms with Crippen molar-refractivity contribution >= 4 is 29.1 Å². The molecule has 2 unspecified atom stereocenters. The van der Waals surface area contributed by atoms with Crippen molar-refractivity contribution in [2.45, 2.75) is 143 Å². The molecule has 5 rings (SSSR count). The molecule has 4 fully saturated rings. The van der Waals surface area contributed by atoms with E-state index in [1.165, 1.54) is 33.8 Å². The van der Waals surface area contributed by atoms with Crippen LogP contribution in [0.15, 0.2) is 23.8 Å². The molecule has 50 heavy (non-hydrogen) atoms. The number of hydrogen-bond acceptors (Lipinski definition) is 12. The fourth-order valence-corrected chi connectivity index (χ4v) is 10.5. The Labute approximate surface area is 293 Å². The molecule has 13 atom stereocenters. The maximum absolute atomic E-state index is 14.8. The van der Waals surface area contributed by atoms with Crippen LogP contribution < -0.4 is 0 Å². The normalized spacial score (nSPS) is 44.2. The number of aliphatic hydroxyl groups excluding tert-OH is 2. The molecule has 0 spiro atoms. The summed E-state index contributed by atoms with van der Waals surface area (Å²) >= 11 is 0. The maximum Gasteiger partial charge on any atom is 0.303 e. The zero-order chi connectivity index (χ0) is 37.7. The van der Waals surface area contributed by atoms with Crippen molar-refractivity contribution in [2.75, 3.05) is 0 Å². The van der Waals surface area contributed by atoms with Gasteiger partial charge in [-0.05, 0) is 89.5 Å². The van der Waals surface area contributed by atoms with Crippen molar-refractivity contribution in [1.29, 1.82) is 0 Å². The van der Waals surface area contributed by atoms with Gasteiger partial charge in [-0.2, -0.15) is 0 Å². The van der Waals surface area contributed by atoms with Gasteiger partial charge in [-0.3, -0.25) is 24.0 Å². The smallest absolute Gasteiger partial charge is 0.303 e. The first kappa shape index (κ1) is 38.6. The first-order chi connectivity index (χ1) is 22.7. The molecule has 0 bridgehead atoms. The Morgan fingerprint density at radius 1 is 1.02 bits per heavy atom. The van der Waals surface area contributed by atoms with Gasteiger partial charge >= 0.3 is 5.97 Å². The Bertz CT molecular complexity index is 1530. The number of fused-ring (bicyclic) bond motifs is 5. The van der Waals surface area contributed by atoms with Gasteiger partial charge in [0.1, 0.15) is 23.6 Å². The van der Waals surface area contributed by atoms with Gasteiger partial charge in [0, 0.05) is 30.1 Å². The van der Waals surface area contributed by atoms with Gasteiger partial charge in [-0.1, -0.05) is 38.5 Å². The van der Waals surface area contributed by atoms with Gasteiger partial charge < -0.3 is 34.6 Å². The second kappa shape index (κ2) is 12.2. The monoisotopic (exact) mass is 702 g/mol. The molecule has 12 heteroatoms. The molecule has 1 saturated heterocycles. The van der Waals surface area contributed by atoms with Crippen LogP contribution >= 0.6 is 0 Å². The summed E-state index contributed by atoms with van der Waals surface area (Å²) in [6, 6.07) is 0. The summed E-state index contributed by atoms with van der Waals surface area (Å²) in [6.45, 7) is 16.2. The average Bonchev–Trinajstić information content (AvgIpc) is 3.21. The summed E-state index contributed by atoms with van der Waals surface area (Å²) in [6.07, 6.45) is -2.96. The Hall–Kier alpha value is -2.61. The number of allylic oxidation sites excluding steroid dienone is 2. The van der Waals surface area contributed by atoms with Gasteiger partial charge in [-0.25, -0.2) is 0 Å². The lowest BCUT2D eigenvalue weighted by Crippen LogP contribution is -2.65. The molecular formula is C38H54O12. The fourth-order valence-electron chi connectivity index (χ4n) is 10.5. The summed E-state index contributed by atoms with van der Waals surface area (Å²) in [5, 5.41) is 44.1. The van der Waals surface area contributed by atoms with Gasteiger partial charge in [0.2, 0.25) is 18.2 Å².